The Hall–Kier alpha value is -5.13. The summed E-state index contributed by atoms with van der Waals surface area (Å²) in [5.41, 5.74) is -7.42. The lowest BCUT2D eigenvalue weighted by Crippen LogP contribution is -2.46. The number of hydrogen-bond acceptors (Lipinski definition) is 15. The van der Waals surface area contributed by atoms with Crippen LogP contribution in [0.3, 0.4) is 0 Å². The van der Waals surface area contributed by atoms with E-state index in [0.29, 0.717) is 0 Å². The van der Waals surface area contributed by atoms with Crippen LogP contribution in [0.5, 0.6) is 0 Å². The minimum Gasteiger partial charge on any atom is -0.369 e. The predicted octanol–water partition coefficient (Wildman–Crippen LogP) is 9.66. The summed E-state index contributed by atoms with van der Waals surface area (Å²) in [7, 11) is -16.5. The number of carbonyl (C=O) groups excluding carboxylic acids is 3. The second-order valence-corrected chi connectivity index (χ2v) is 26.9. The summed E-state index contributed by atoms with van der Waals surface area (Å²) in [6, 6.07) is -7.02. The van der Waals surface area contributed by atoms with Crippen molar-refractivity contribution in [3.8, 4) is 0 Å². The van der Waals surface area contributed by atoms with Crippen molar-refractivity contribution in [2.45, 2.75) is 137 Å². The Balaban J connectivity index is 0.000000335. The van der Waals surface area contributed by atoms with Gasteiger partial charge in [0.25, 0.3) is 0 Å². The van der Waals surface area contributed by atoms with Gasteiger partial charge in [-0.2, -0.15) is 0 Å². The van der Waals surface area contributed by atoms with Crippen LogP contribution < -0.4 is 30.6 Å². The third kappa shape index (κ3) is 28.6. The van der Waals surface area contributed by atoms with Gasteiger partial charge in [-0.3, -0.25) is 29.1 Å². The van der Waals surface area contributed by atoms with Crippen molar-refractivity contribution in [2.24, 2.45) is 17.7 Å². The van der Waals surface area contributed by atoms with E-state index in [2.05, 4.69) is 0 Å². The molecule has 0 aromatic heterocycles. The third-order valence-electron chi connectivity index (χ3n) is 14.1. The molecule has 3 aromatic carbocycles. The van der Waals surface area contributed by atoms with Crippen LogP contribution in [0.1, 0.15) is 201 Å². The molecular formula is C69H113F3N12O9S3. The number of carbonyl (C=O) groups is 3. The largest absolute Gasteiger partial charge is 0.369 e. The predicted molar refractivity (Wildman–Crippen MR) is 383 cm³/mol. The molecule has 8 rings (SSSR count). The lowest BCUT2D eigenvalue weighted by molar-refractivity contribution is -0.115. The Kier molecular flexibility index (Phi) is 14.2. The van der Waals surface area contributed by atoms with E-state index in [0.717, 1.165) is 20.8 Å². The minimum absolute atomic E-state index is 0.00408. The lowest BCUT2D eigenvalue weighted by Gasteiger charge is -2.36. The molecule has 3 N–H and O–H groups in total. The zero-order valence-electron chi connectivity index (χ0n) is 103. The minimum atomic E-state index is -6.38. The summed E-state index contributed by atoms with van der Waals surface area (Å²) in [6.45, 7) is -23.7. The SMILES string of the molecule is [2H]c1c(F)c([2H])c(N([2H])C(C)=O)c([2H])c1N1CCN(C([2H])([2H])CCCN(C([2H])([2H])[2H])S(=O)(=O)CC2C([2H])([2H])CCCC2([2H])[2H])CC1.[2H]c1c(F)c([2H])c(N([2H])C(C)=O)c([2H])c1N1CCN(C([2H])CCCN(C([2H])([2H])[2H])S(=O)(=O)CC2([2H])C([2H])([2H])C([2H])([2H])C([2H])([2H])C([2H])([2H])C2([2H])[2H])CC1.[2H]c1c(F)c([2H])c(N([2H])C(C)=O)c([2H])c1N1CCN(CCCC([2H])([2H])N(C([2H])([2H])[2H])S(=O)(=O)C([2H])([2H])C([2H])(C([2H])([2H])[2H])C([2H])([2H])[2H])CC1. The molecule has 0 spiro atoms. The van der Waals surface area contributed by atoms with Gasteiger partial charge in [0.15, 0.2) is 4.24 Å². The van der Waals surface area contributed by atoms with Gasteiger partial charge >= 0.3 is 0 Å². The molecule has 542 valence electrons. The first kappa shape index (κ1) is 34.5. The van der Waals surface area contributed by atoms with Crippen LogP contribution in [0.2, 0.25) is 4.24 Å². The highest BCUT2D eigenvalue weighted by Crippen LogP contribution is 2.30. The fourth-order valence-electron chi connectivity index (χ4n) is 9.50. The number of sulfonamides is 3. The molecule has 21 nitrogen and oxygen atoms in total. The molecule has 3 saturated heterocycles. The zero-order chi connectivity index (χ0) is 114. The molecule has 3 heterocycles. The number of benzene rings is 3. The zero-order valence-corrected chi connectivity index (χ0v) is 55.4. The van der Waals surface area contributed by atoms with Crippen LogP contribution in [0.15, 0.2) is 54.4 Å². The standard InChI is InChI=1S/2C24H39FN4O3S.C21H35FN4O3S/c2*1-20(30)26-23-16-22(25)17-24(18-23)29-14-12-28(13-15-29)11-7-6-10-27(2)33(31,32)19-21-8-4-3-5-9-21;1-17(2)16-30(28,29)24(4)7-5-6-8-25-9-11-26(12-10-25)21-14-19(22)13-20(15-21)23-18(3)27/h2*16-18,21H,3-15,19H2,1-2H3,(H,26,30);13-15,17H,5-12,16H2,1-4H3,(H,23,27)/i2D3,3D2,4D2,5D2,8D2,9D2,11D,16D,17D,18D,21D;2D3,8D2,9D2,11D2,16D,17D,18D;1D3,2D3,4D3,7D2,13D,14D,15D,16D2,17D/hD3. The van der Waals surface area contributed by atoms with Crippen LogP contribution in [0, 0.1) is 35.2 Å². The average Bonchev–Trinajstić information content (AvgIpc) is 0.657. The van der Waals surface area contributed by atoms with Crippen molar-refractivity contribution in [3.63, 3.8) is 0 Å². The number of amides is 3. The molecule has 1 atom stereocenters. The fraction of sp³-hybridized carbons (Fsp3) is 0.696. The number of hydrogen-bond donors (Lipinski definition) is 3. The van der Waals surface area contributed by atoms with Gasteiger partial charge in [0, 0.05) is 226 Å². The van der Waals surface area contributed by atoms with E-state index < -0.39 is 294 Å². The molecule has 96 heavy (non-hydrogen) atoms. The quantitative estimate of drug-likeness (QED) is 0.0566. The summed E-state index contributed by atoms with van der Waals surface area (Å²) in [6.07, 6.45) is -26.4. The number of halogens is 3. The second-order valence-electron chi connectivity index (χ2n) is 21.6. The molecule has 0 bridgehead atoms. The van der Waals surface area contributed by atoms with E-state index in [1.807, 2.05) is 0 Å². The first-order chi connectivity index (χ1) is 65.3. The van der Waals surface area contributed by atoms with Gasteiger partial charge in [-0.15, -0.1) is 0 Å². The first-order valence-electron chi connectivity index (χ1n) is 55.0. The van der Waals surface area contributed by atoms with Gasteiger partial charge in [-0.25, -0.2) is 51.3 Å². The Labute approximate surface area is 643 Å². The van der Waals surface area contributed by atoms with Crippen molar-refractivity contribution < 1.29 is 121 Å². The van der Waals surface area contributed by atoms with E-state index in [-0.39, 0.29) is 178 Å². The van der Waals surface area contributed by atoms with Crippen LogP contribution in [-0.2, 0) is 44.5 Å². The Morgan fingerprint density at radius 1 is 0.552 bits per heavy atom. The summed E-state index contributed by atoms with van der Waals surface area (Å²) < 4.78 is 524. The molecule has 1 unspecified atom stereocenters. The lowest BCUT2D eigenvalue weighted by atomic mass is 9.91. The van der Waals surface area contributed by atoms with E-state index in [4.69, 9.17) is 68.7 Å². The number of rotatable bonds is 30. The van der Waals surface area contributed by atoms with Crippen molar-refractivity contribution in [1.29, 1.82) is 0 Å². The third-order valence-corrected chi connectivity index (χ3v) is 18.3. The molecule has 5 fully saturated rings. The Morgan fingerprint density at radius 2 is 0.990 bits per heavy atom. The van der Waals surface area contributed by atoms with Crippen molar-refractivity contribution in [2.75, 3.05) is 186 Å². The van der Waals surface area contributed by atoms with Crippen LogP contribution in [-0.4, -0.2) is 226 Å². The van der Waals surface area contributed by atoms with E-state index in [9.17, 15) is 52.8 Å². The Bertz CT molecular complexity index is 5540. The highest BCUT2D eigenvalue weighted by Gasteiger charge is 2.28. The van der Waals surface area contributed by atoms with Gasteiger partial charge in [-0.1, -0.05) is 52.1 Å². The summed E-state index contributed by atoms with van der Waals surface area (Å²) in [4.78, 5) is 44.0. The fourth-order valence-corrected chi connectivity index (χ4v) is 12.4. The number of anilines is 6. The van der Waals surface area contributed by atoms with Crippen LogP contribution in [0.4, 0.5) is 47.3 Å². The highest BCUT2D eigenvalue weighted by molar-refractivity contribution is 7.89. The molecule has 2 saturated carbocycles. The first-order valence-corrected chi connectivity index (χ1v) is 34.7. The van der Waals surface area contributed by atoms with Gasteiger partial charge in [0.1, 0.15) is 17.5 Å². The normalized spacial score (nSPS) is 30.9. The van der Waals surface area contributed by atoms with E-state index in [1.54, 1.807) is 9.80 Å². The maximum absolute atomic E-state index is 14.8. The van der Waals surface area contributed by atoms with E-state index >= 15 is 0 Å². The maximum atomic E-state index is 14.8. The Morgan fingerprint density at radius 3 is 1.44 bits per heavy atom. The molecule has 27 heteroatoms. The van der Waals surface area contributed by atoms with Gasteiger partial charge in [-0.05, 0) is 156 Å². The van der Waals surface area contributed by atoms with Crippen LogP contribution >= 0.6 is 0 Å². The highest BCUT2D eigenvalue weighted by atomic mass is 32.2. The maximum Gasteiger partial charge on any atom is 0.221 e. The van der Waals surface area contributed by atoms with Crippen LogP contribution in [0.25, 0.3) is 0 Å². The molecule has 0 radical (unpaired) electrons. The second kappa shape index (κ2) is 39.6. The molecule has 3 amide bonds. The average molecular weight is 1460 g/mol. The summed E-state index contributed by atoms with van der Waals surface area (Å²) in [5, 5.41) is 0.553. The molecule has 2 aliphatic carbocycles. The topological polar surface area (TPSA) is 219 Å². The number of nitrogens with one attached hydrogen (secondary N) is 3. The van der Waals surface area contributed by atoms with Gasteiger partial charge in [0.2, 0.25) is 47.8 Å². The molecule has 3 aliphatic heterocycles. The summed E-state index contributed by atoms with van der Waals surface area (Å²) in [5.74, 6) is -19.8. The van der Waals surface area contributed by atoms with E-state index in [1.165, 1.54) is 19.6 Å². The number of piperazine rings is 3. The monoisotopic (exact) mass is 1460 g/mol. The van der Waals surface area contributed by atoms with Gasteiger partial charge in [0.05, 0.1) is 29.5 Å². The molecule has 5 aliphatic rings. The number of nitrogens with zero attached hydrogens (tertiary/aromatic N) is 9. The molecular weight excluding hydrogens is 1290 g/mol. The summed E-state index contributed by atoms with van der Waals surface area (Å²) >= 11 is 0. The van der Waals surface area contributed by atoms with Gasteiger partial charge < -0.3 is 30.6 Å². The van der Waals surface area contributed by atoms with Crippen molar-refractivity contribution in [1.82, 2.24) is 27.6 Å². The van der Waals surface area contributed by atoms with Crippen molar-refractivity contribution >= 4 is 81.9 Å². The molecule has 3 aromatic rings. The van der Waals surface area contributed by atoms with Crippen molar-refractivity contribution in [3.05, 3.63) is 71.8 Å². The smallest absolute Gasteiger partial charge is 0.221 e.